The monoisotopic (exact) mass is 488 g/mol. The molecule has 1 aliphatic rings. The Morgan fingerprint density at radius 1 is 0.515 bits per heavy atom. The Balaban J connectivity index is 1.55. The van der Waals surface area contributed by atoms with Crippen molar-refractivity contribution in [2.24, 2.45) is 0 Å². The molecule has 0 aliphatic heterocycles. The molecule has 0 spiro atoms. The Morgan fingerprint density at radius 2 is 1.06 bits per heavy atom. The number of halogens is 1. The van der Waals surface area contributed by atoms with Gasteiger partial charge in [-0.1, -0.05) is 76.6 Å². The van der Waals surface area contributed by atoms with E-state index in [1.165, 1.54) is 59.5 Å². The fraction of sp³-hybridized carbons (Fsp3) is 0.0667. The zero-order valence-electron chi connectivity index (χ0n) is 18.0. The van der Waals surface area contributed by atoms with Gasteiger partial charge in [0.2, 0.25) is 0 Å². The molecule has 0 saturated heterocycles. The van der Waals surface area contributed by atoms with Crippen LogP contribution in [0.1, 0.15) is 12.8 Å². The predicted molar refractivity (Wildman–Crippen MR) is 144 cm³/mol. The van der Waals surface area contributed by atoms with Crippen LogP contribution in [0.3, 0.4) is 0 Å². The van der Waals surface area contributed by atoms with Crippen LogP contribution in [0.5, 0.6) is 0 Å². The Kier molecular flexibility index (Phi) is 4.15. The minimum atomic E-state index is 1.03. The summed E-state index contributed by atoms with van der Waals surface area (Å²) in [6, 6.07) is 33.1. The first-order valence-corrected chi connectivity index (χ1v) is 12.2. The van der Waals surface area contributed by atoms with Gasteiger partial charge in [0.15, 0.2) is 0 Å². The first-order valence-electron chi connectivity index (χ1n) is 11.4. The minimum absolute atomic E-state index is 1.03. The molecule has 33 heavy (non-hydrogen) atoms. The second-order valence-electron chi connectivity index (χ2n) is 8.70. The summed E-state index contributed by atoms with van der Waals surface area (Å²) in [5.74, 6) is 0. The lowest BCUT2D eigenvalue weighted by Crippen LogP contribution is -2.00. The van der Waals surface area contributed by atoms with Crippen molar-refractivity contribution in [3.63, 3.8) is 0 Å². The lowest BCUT2D eigenvalue weighted by atomic mass is 10.1. The van der Waals surface area contributed by atoms with Gasteiger partial charge in [0.1, 0.15) is 0 Å². The molecule has 0 N–H and O–H groups in total. The van der Waals surface area contributed by atoms with Gasteiger partial charge in [-0.15, -0.1) is 0 Å². The third-order valence-electron chi connectivity index (χ3n) is 6.86. The molecule has 1 aliphatic carbocycles. The van der Waals surface area contributed by atoms with Crippen LogP contribution in [0.4, 0.5) is 0 Å². The fourth-order valence-electron chi connectivity index (χ4n) is 5.40. The van der Waals surface area contributed by atoms with E-state index < -0.39 is 0 Å². The van der Waals surface area contributed by atoms with Crippen molar-refractivity contribution in [3.8, 4) is 5.69 Å². The van der Waals surface area contributed by atoms with E-state index in [-0.39, 0.29) is 0 Å². The molecule has 6 aromatic rings. The summed E-state index contributed by atoms with van der Waals surface area (Å²) in [4.78, 5) is 0. The maximum atomic E-state index is 3.65. The van der Waals surface area contributed by atoms with Gasteiger partial charge in [0.05, 0.1) is 22.1 Å². The molecule has 0 saturated carbocycles. The summed E-state index contributed by atoms with van der Waals surface area (Å²) in [6.07, 6.45) is 6.50. The number of hydrogen-bond donors (Lipinski definition) is 0. The predicted octanol–water partition coefficient (Wildman–Crippen LogP) is 8.81. The van der Waals surface area contributed by atoms with E-state index in [0.717, 1.165) is 12.8 Å². The van der Waals surface area contributed by atoms with Crippen molar-refractivity contribution in [1.82, 2.24) is 9.13 Å². The quantitative estimate of drug-likeness (QED) is 0.230. The second kappa shape index (κ2) is 7.23. The molecule has 0 fully saturated rings. The van der Waals surface area contributed by atoms with Crippen molar-refractivity contribution in [1.29, 1.82) is 0 Å². The summed E-state index contributed by atoms with van der Waals surface area (Å²) < 4.78 is 6.10. The highest BCUT2D eigenvalue weighted by Gasteiger charge is 2.17. The topological polar surface area (TPSA) is 9.86 Å². The number of allylic oxidation sites excluding steroid dienone is 4. The molecule has 0 radical (unpaired) electrons. The third kappa shape index (κ3) is 2.79. The summed E-state index contributed by atoms with van der Waals surface area (Å²) >= 11 is 3.65. The van der Waals surface area contributed by atoms with E-state index in [1.54, 1.807) is 0 Å². The first kappa shape index (κ1) is 19.0. The summed E-state index contributed by atoms with van der Waals surface area (Å²) in [6.45, 7) is 0. The van der Waals surface area contributed by atoms with E-state index in [2.05, 4.69) is 128 Å². The zero-order chi connectivity index (χ0) is 21.9. The van der Waals surface area contributed by atoms with Gasteiger partial charge in [-0.25, -0.2) is 0 Å². The summed E-state index contributed by atoms with van der Waals surface area (Å²) in [5.41, 5.74) is 7.55. The maximum Gasteiger partial charge on any atom is 0.0541 e. The van der Waals surface area contributed by atoms with Gasteiger partial charge in [0, 0.05) is 32.9 Å². The molecular weight excluding hydrogens is 468 g/mol. The van der Waals surface area contributed by atoms with Crippen molar-refractivity contribution < 1.29 is 0 Å². The van der Waals surface area contributed by atoms with E-state index in [4.69, 9.17) is 0 Å². The standard InChI is InChI=1S/C30H21BrN2/c31-20-13-15-21(16-14-20)32-29-12-6-3-9-25(29)26-19-22(17-18-30(26)32)33-27-10-4-1-7-23(27)24-8-2-5-11-28(24)33/h1-13,15,17-19H,14,16H2. The van der Waals surface area contributed by atoms with Crippen LogP contribution in [0.2, 0.25) is 0 Å². The number of fused-ring (bicyclic) bond motifs is 6. The van der Waals surface area contributed by atoms with Gasteiger partial charge in [-0.05, 0) is 59.8 Å². The number of para-hydroxylation sites is 3. The molecule has 2 aromatic heterocycles. The maximum absolute atomic E-state index is 3.65. The number of hydrogen-bond acceptors (Lipinski definition) is 0. The molecule has 0 amide bonds. The molecular formula is C30H21BrN2. The van der Waals surface area contributed by atoms with E-state index >= 15 is 0 Å². The molecule has 0 unspecified atom stereocenters. The van der Waals surface area contributed by atoms with Crippen LogP contribution in [-0.4, -0.2) is 9.13 Å². The Labute approximate surface area is 200 Å². The average Bonchev–Trinajstić information content (AvgIpc) is 3.37. The highest BCUT2D eigenvalue weighted by atomic mass is 79.9. The van der Waals surface area contributed by atoms with Crippen LogP contribution in [0.25, 0.3) is 55.0 Å². The van der Waals surface area contributed by atoms with Crippen LogP contribution < -0.4 is 0 Å². The lowest BCUT2D eigenvalue weighted by molar-refractivity contribution is 0.971. The van der Waals surface area contributed by atoms with E-state index in [1.807, 2.05) is 0 Å². The Bertz CT molecular complexity index is 1720. The molecule has 158 valence electrons. The average molecular weight is 489 g/mol. The van der Waals surface area contributed by atoms with Crippen LogP contribution in [-0.2, 0) is 0 Å². The van der Waals surface area contributed by atoms with Gasteiger partial charge >= 0.3 is 0 Å². The normalized spacial score (nSPS) is 14.3. The van der Waals surface area contributed by atoms with Gasteiger partial charge in [-0.3, -0.25) is 0 Å². The SMILES string of the molecule is BrC1=CC=C(n2c3ccccc3c3cc(-n4c5ccccc5c5ccccc54)ccc32)CC1. The molecule has 3 heteroatoms. The minimum Gasteiger partial charge on any atom is -0.313 e. The molecule has 2 heterocycles. The number of benzene rings is 4. The number of aromatic nitrogens is 2. The largest absolute Gasteiger partial charge is 0.313 e. The Morgan fingerprint density at radius 3 is 1.67 bits per heavy atom. The molecule has 0 atom stereocenters. The number of rotatable bonds is 2. The van der Waals surface area contributed by atoms with Crippen LogP contribution >= 0.6 is 15.9 Å². The molecule has 0 bridgehead atoms. The smallest absolute Gasteiger partial charge is 0.0541 e. The van der Waals surface area contributed by atoms with Crippen LogP contribution in [0, 0.1) is 0 Å². The van der Waals surface area contributed by atoms with Gasteiger partial charge in [-0.2, -0.15) is 0 Å². The number of nitrogens with zero attached hydrogens (tertiary/aromatic N) is 2. The molecule has 4 aromatic carbocycles. The van der Waals surface area contributed by atoms with Gasteiger partial charge in [0.25, 0.3) is 0 Å². The lowest BCUT2D eigenvalue weighted by Gasteiger charge is -2.15. The van der Waals surface area contributed by atoms with Crippen LogP contribution in [0.15, 0.2) is 108 Å². The Hall–Kier alpha value is -3.56. The van der Waals surface area contributed by atoms with Crippen molar-refractivity contribution >= 4 is 65.2 Å². The fourth-order valence-corrected chi connectivity index (χ4v) is 5.73. The van der Waals surface area contributed by atoms with E-state index in [9.17, 15) is 0 Å². The zero-order valence-corrected chi connectivity index (χ0v) is 19.6. The summed E-state index contributed by atoms with van der Waals surface area (Å²) in [7, 11) is 0. The van der Waals surface area contributed by atoms with Crippen molar-refractivity contribution in [2.75, 3.05) is 0 Å². The summed E-state index contributed by atoms with van der Waals surface area (Å²) in [5, 5.41) is 5.17. The molecule has 7 rings (SSSR count). The van der Waals surface area contributed by atoms with E-state index in [0.29, 0.717) is 0 Å². The van der Waals surface area contributed by atoms with Gasteiger partial charge < -0.3 is 9.13 Å². The second-order valence-corrected chi connectivity index (χ2v) is 9.71. The molecule has 2 nitrogen and oxygen atoms in total. The third-order valence-corrected chi connectivity index (χ3v) is 7.52. The first-order chi connectivity index (χ1) is 16.3. The highest BCUT2D eigenvalue weighted by Crippen LogP contribution is 2.38. The van der Waals surface area contributed by atoms with Crippen molar-refractivity contribution in [3.05, 3.63) is 108 Å². The van der Waals surface area contributed by atoms with Crippen molar-refractivity contribution in [2.45, 2.75) is 12.8 Å². The highest BCUT2D eigenvalue weighted by molar-refractivity contribution is 9.11.